The van der Waals surface area contributed by atoms with Crippen LogP contribution in [0.15, 0.2) is 83.3 Å². The number of carbonyl (C=O) groups is 1. The molecule has 5 rings (SSSR count). The van der Waals surface area contributed by atoms with Crippen LogP contribution in [0.3, 0.4) is 0 Å². The van der Waals surface area contributed by atoms with E-state index in [9.17, 15) is 9.90 Å². The van der Waals surface area contributed by atoms with Crippen molar-refractivity contribution >= 4 is 68.7 Å². The van der Waals surface area contributed by atoms with E-state index in [1.807, 2.05) is 48.5 Å². The molecular formula is C32H30BrCl2N3O5S. The Hall–Kier alpha value is -3.25. The number of rotatable bonds is 13. The molecule has 1 atom stereocenters. The highest BCUT2D eigenvalue weighted by molar-refractivity contribution is 9.10. The molecule has 1 heterocycles. The number of aromatic nitrogens is 2. The number of aliphatic hydroxyl groups excluding tert-OH is 1. The van der Waals surface area contributed by atoms with E-state index < -0.39 is 18.6 Å². The molecule has 230 valence electrons. The third-order valence-electron chi connectivity index (χ3n) is 6.67. The van der Waals surface area contributed by atoms with E-state index in [2.05, 4.69) is 48.2 Å². The lowest BCUT2D eigenvalue weighted by Gasteiger charge is -2.19. The smallest absolute Gasteiger partial charge is 0.325 e. The number of aliphatic hydroxyl groups is 1. The Kier molecular flexibility index (Phi) is 12.4. The molecular weight excluding hydrogens is 689 g/mol. The zero-order valence-corrected chi connectivity index (χ0v) is 27.6. The van der Waals surface area contributed by atoms with E-state index in [0.29, 0.717) is 22.1 Å². The minimum atomic E-state index is -0.892. The van der Waals surface area contributed by atoms with Crippen LogP contribution in [-0.2, 0) is 29.3 Å². The number of carbonyl (C=O) groups excluding carboxylic acids is 1. The molecule has 0 saturated carbocycles. The predicted molar refractivity (Wildman–Crippen MR) is 179 cm³/mol. The van der Waals surface area contributed by atoms with Crippen LogP contribution in [0, 0.1) is 0 Å². The molecule has 0 bridgehead atoms. The van der Waals surface area contributed by atoms with E-state index >= 15 is 0 Å². The van der Waals surface area contributed by atoms with Crippen LogP contribution in [-0.4, -0.2) is 39.1 Å². The van der Waals surface area contributed by atoms with Crippen molar-refractivity contribution in [3.05, 3.63) is 105 Å². The number of hydrogen-bond acceptors (Lipinski definition) is 9. The minimum absolute atomic E-state index is 0. The largest absolute Gasteiger partial charge is 0.488 e. The lowest BCUT2D eigenvalue weighted by molar-refractivity contribution is -0.146. The SMILES string of the molecule is CCOC(=O)C(CO)NCc1cc(Cl)c(OCc2cccc(-c3ccccc3)c2Br)cc1OCc1ccc2nsnc2c1.Cl. The molecule has 4 aromatic carbocycles. The fourth-order valence-corrected chi connectivity index (χ4v) is 5.79. The summed E-state index contributed by atoms with van der Waals surface area (Å²) in [6.45, 7) is 2.23. The second-order valence-electron chi connectivity index (χ2n) is 9.57. The number of ether oxygens (including phenoxy) is 3. The van der Waals surface area contributed by atoms with E-state index in [4.69, 9.17) is 25.8 Å². The number of benzene rings is 4. The van der Waals surface area contributed by atoms with Crippen LogP contribution in [0.4, 0.5) is 0 Å². The van der Waals surface area contributed by atoms with Gasteiger partial charge in [0.25, 0.3) is 0 Å². The molecule has 0 aliphatic heterocycles. The van der Waals surface area contributed by atoms with Gasteiger partial charge in [0.1, 0.15) is 41.8 Å². The highest BCUT2D eigenvalue weighted by Crippen LogP contribution is 2.36. The number of halogens is 3. The van der Waals surface area contributed by atoms with E-state index in [-0.39, 0.29) is 38.8 Å². The monoisotopic (exact) mass is 717 g/mol. The Morgan fingerprint density at radius 1 is 0.955 bits per heavy atom. The molecule has 1 unspecified atom stereocenters. The second-order valence-corrected chi connectivity index (χ2v) is 11.3. The molecule has 0 saturated heterocycles. The van der Waals surface area contributed by atoms with E-state index in [0.717, 1.165) is 49.5 Å². The zero-order valence-electron chi connectivity index (χ0n) is 23.7. The summed E-state index contributed by atoms with van der Waals surface area (Å²) in [6.07, 6.45) is 0. The van der Waals surface area contributed by atoms with Crippen molar-refractivity contribution in [2.45, 2.75) is 32.7 Å². The molecule has 5 aromatic rings. The summed E-state index contributed by atoms with van der Waals surface area (Å²) >= 11 is 11.6. The molecule has 1 aromatic heterocycles. The maximum atomic E-state index is 12.2. The molecule has 0 aliphatic carbocycles. The van der Waals surface area contributed by atoms with Gasteiger partial charge in [-0.1, -0.05) is 66.2 Å². The molecule has 12 heteroatoms. The summed E-state index contributed by atoms with van der Waals surface area (Å²) in [4.78, 5) is 12.2. The molecule has 0 fully saturated rings. The lowest BCUT2D eigenvalue weighted by Crippen LogP contribution is -2.40. The summed E-state index contributed by atoms with van der Waals surface area (Å²) in [7, 11) is 0. The topological polar surface area (TPSA) is 103 Å². The van der Waals surface area contributed by atoms with Crippen LogP contribution >= 0.6 is 51.7 Å². The fraction of sp³-hybridized carbons (Fsp3) is 0.219. The zero-order chi connectivity index (χ0) is 30.2. The lowest BCUT2D eigenvalue weighted by atomic mass is 10.0. The summed E-state index contributed by atoms with van der Waals surface area (Å²) in [5.41, 5.74) is 6.34. The van der Waals surface area contributed by atoms with Crippen LogP contribution < -0.4 is 14.8 Å². The van der Waals surface area contributed by atoms with Gasteiger partial charge in [0.15, 0.2) is 0 Å². The highest BCUT2D eigenvalue weighted by atomic mass is 79.9. The van der Waals surface area contributed by atoms with Gasteiger partial charge in [0, 0.05) is 28.2 Å². The summed E-state index contributed by atoms with van der Waals surface area (Å²) in [5.74, 6) is 0.425. The maximum absolute atomic E-state index is 12.2. The number of fused-ring (bicyclic) bond motifs is 1. The van der Waals surface area contributed by atoms with Gasteiger partial charge < -0.3 is 19.3 Å². The van der Waals surface area contributed by atoms with Crippen LogP contribution in [0.25, 0.3) is 22.2 Å². The van der Waals surface area contributed by atoms with Crippen LogP contribution in [0.1, 0.15) is 23.6 Å². The Morgan fingerprint density at radius 2 is 1.73 bits per heavy atom. The molecule has 0 aliphatic rings. The number of hydrogen-bond donors (Lipinski definition) is 2. The fourth-order valence-electron chi connectivity index (χ4n) is 4.42. The summed E-state index contributed by atoms with van der Waals surface area (Å²) in [6, 6.07) is 24.5. The van der Waals surface area contributed by atoms with Gasteiger partial charge in [-0.3, -0.25) is 10.1 Å². The third kappa shape index (κ3) is 8.26. The van der Waals surface area contributed by atoms with Gasteiger partial charge in [-0.15, -0.1) is 12.4 Å². The van der Waals surface area contributed by atoms with Crippen molar-refractivity contribution in [3.8, 4) is 22.6 Å². The third-order valence-corrected chi connectivity index (χ3v) is 8.46. The molecule has 0 spiro atoms. The second kappa shape index (κ2) is 16.2. The minimum Gasteiger partial charge on any atom is -0.488 e. The first kappa shape index (κ1) is 33.6. The Balaban J connectivity index is 0.00000442. The van der Waals surface area contributed by atoms with Crippen molar-refractivity contribution in [1.29, 1.82) is 0 Å². The van der Waals surface area contributed by atoms with Crippen molar-refractivity contribution in [2.75, 3.05) is 13.2 Å². The van der Waals surface area contributed by atoms with Gasteiger partial charge in [0.2, 0.25) is 0 Å². The normalized spacial score (nSPS) is 11.5. The van der Waals surface area contributed by atoms with Gasteiger partial charge >= 0.3 is 5.97 Å². The van der Waals surface area contributed by atoms with Crippen molar-refractivity contribution < 1.29 is 24.1 Å². The number of nitrogens with zero attached hydrogens (tertiary/aromatic N) is 2. The van der Waals surface area contributed by atoms with Crippen LogP contribution in [0.5, 0.6) is 11.5 Å². The summed E-state index contributed by atoms with van der Waals surface area (Å²) < 4.78 is 27.0. The van der Waals surface area contributed by atoms with Gasteiger partial charge in [0.05, 0.1) is 30.0 Å². The van der Waals surface area contributed by atoms with Gasteiger partial charge in [-0.05, 0) is 57.7 Å². The number of esters is 1. The Bertz CT molecular complexity index is 1710. The van der Waals surface area contributed by atoms with Crippen molar-refractivity contribution in [2.24, 2.45) is 0 Å². The Labute approximate surface area is 279 Å². The molecule has 8 nitrogen and oxygen atoms in total. The number of nitrogens with one attached hydrogen (secondary N) is 1. The highest BCUT2D eigenvalue weighted by Gasteiger charge is 2.20. The first-order chi connectivity index (χ1) is 21.0. The predicted octanol–water partition coefficient (Wildman–Crippen LogP) is 7.37. The molecule has 0 amide bonds. The van der Waals surface area contributed by atoms with Gasteiger partial charge in [-0.2, -0.15) is 8.75 Å². The van der Waals surface area contributed by atoms with E-state index in [1.165, 1.54) is 0 Å². The molecule has 0 radical (unpaired) electrons. The molecule has 2 N–H and O–H groups in total. The van der Waals surface area contributed by atoms with E-state index in [1.54, 1.807) is 19.1 Å². The maximum Gasteiger partial charge on any atom is 0.325 e. The molecule has 44 heavy (non-hydrogen) atoms. The standard InChI is InChI=1S/C32H29BrClN3O5S.ClH/c1-2-40-32(39)28(17-38)35-16-23-14-25(34)30(15-29(23)41-18-20-11-12-26-27(13-20)37-43-36-26)42-19-22-9-6-10-24(31(22)33)21-7-4-3-5-8-21;/h3-15,28,35,38H,2,16-19H2,1H3;1H. The van der Waals surface area contributed by atoms with Crippen molar-refractivity contribution in [1.82, 2.24) is 14.1 Å². The Morgan fingerprint density at radius 3 is 2.50 bits per heavy atom. The summed E-state index contributed by atoms with van der Waals surface area (Å²) in [5, 5.41) is 13.1. The first-order valence-corrected chi connectivity index (χ1v) is 15.5. The average molecular weight is 719 g/mol. The first-order valence-electron chi connectivity index (χ1n) is 13.6. The average Bonchev–Trinajstić information content (AvgIpc) is 3.49. The quantitative estimate of drug-likeness (QED) is 0.122. The van der Waals surface area contributed by atoms with Crippen LogP contribution in [0.2, 0.25) is 5.02 Å². The van der Waals surface area contributed by atoms with Gasteiger partial charge in [-0.25, -0.2) is 0 Å². The van der Waals surface area contributed by atoms with Crippen molar-refractivity contribution in [3.63, 3.8) is 0 Å².